The molecule has 3 atom stereocenters. The lowest BCUT2D eigenvalue weighted by molar-refractivity contribution is -0.0789. The summed E-state index contributed by atoms with van der Waals surface area (Å²) in [5, 5.41) is 0. The number of methoxy groups -OCH3 is 1. The van der Waals surface area contributed by atoms with Crippen molar-refractivity contribution in [3.8, 4) is 5.88 Å². The Labute approximate surface area is 152 Å². The number of aryl methyl sites for hydroxylation is 1. The molecule has 1 aliphatic carbocycles. The molecular weight excluding hydrogens is 332 g/mol. The number of hydrogen-bond donors (Lipinski definition) is 0. The van der Waals surface area contributed by atoms with E-state index in [9.17, 15) is 4.79 Å². The van der Waals surface area contributed by atoms with Gasteiger partial charge in [0.2, 0.25) is 5.88 Å². The second-order valence-electron chi connectivity index (χ2n) is 7.08. The normalized spacial score (nSPS) is 28.0. The van der Waals surface area contributed by atoms with Crippen LogP contribution in [-0.2, 0) is 11.8 Å². The molecule has 138 valence electrons. The molecule has 4 rings (SSSR count). The van der Waals surface area contributed by atoms with E-state index in [-0.39, 0.29) is 23.7 Å². The van der Waals surface area contributed by atoms with Gasteiger partial charge in [-0.3, -0.25) is 4.79 Å². The second-order valence-corrected chi connectivity index (χ2v) is 7.08. The van der Waals surface area contributed by atoms with Crippen LogP contribution in [0.15, 0.2) is 36.8 Å². The Morgan fingerprint density at radius 2 is 2.15 bits per heavy atom. The fourth-order valence-corrected chi connectivity index (χ4v) is 4.30. The van der Waals surface area contributed by atoms with Gasteiger partial charge in [-0.05, 0) is 25.3 Å². The molecule has 0 unspecified atom stereocenters. The van der Waals surface area contributed by atoms with Crippen LogP contribution in [0.2, 0.25) is 0 Å². The van der Waals surface area contributed by atoms with Crippen LogP contribution in [0, 0.1) is 0 Å². The van der Waals surface area contributed by atoms with Gasteiger partial charge in [-0.15, -0.1) is 0 Å². The number of imidazole rings is 1. The minimum absolute atomic E-state index is 0.0147. The number of nitrogens with zero attached hydrogens (tertiary/aromatic N) is 4. The van der Waals surface area contributed by atoms with Gasteiger partial charge in [0.1, 0.15) is 6.10 Å². The van der Waals surface area contributed by atoms with E-state index in [1.807, 2.05) is 30.1 Å². The number of hydrogen-bond acceptors (Lipinski definition) is 5. The van der Waals surface area contributed by atoms with Crippen LogP contribution in [0.3, 0.4) is 0 Å². The van der Waals surface area contributed by atoms with Gasteiger partial charge in [-0.25, -0.2) is 9.97 Å². The van der Waals surface area contributed by atoms with Crippen molar-refractivity contribution >= 4 is 5.91 Å². The molecule has 1 amide bonds. The number of carbonyl (C=O) groups is 1. The number of fused-ring (bicyclic) bond motifs is 1. The van der Waals surface area contributed by atoms with Gasteiger partial charge in [0.15, 0.2) is 5.82 Å². The minimum atomic E-state index is -0.287. The van der Waals surface area contributed by atoms with Gasteiger partial charge in [0, 0.05) is 51.8 Å². The van der Waals surface area contributed by atoms with E-state index in [0.717, 1.165) is 25.7 Å². The molecule has 1 aliphatic heterocycles. The number of ether oxygens (including phenoxy) is 2. The van der Waals surface area contributed by atoms with Crippen molar-refractivity contribution in [2.24, 2.45) is 7.05 Å². The zero-order valence-electron chi connectivity index (χ0n) is 15.2. The average molecular weight is 356 g/mol. The van der Waals surface area contributed by atoms with E-state index in [4.69, 9.17) is 9.47 Å². The van der Waals surface area contributed by atoms with Crippen molar-refractivity contribution in [3.63, 3.8) is 0 Å². The highest BCUT2D eigenvalue weighted by atomic mass is 16.5. The predicted molar refractivity (Wildman–Crippen MR) is 94.9 cm³/mol. The Kier molecular flexibility index (Phi) is 4.40. The molecule has 7 heteroatoms. The summed E-state index contributed by atoms with van der Waals surface area (Å²) >= 11 is 0. The van der Waals surface area contributed by atoms with Gasteiger partial charge in [-0.2, -0.15) is 0 Å². The lowest BCUT2D eigenvalue weighted by Gasteiger charge is -2.43. The van der Waals surface area contributed by atoms with E-state index in [0.29, 0.717) is 18.2 Å². The van der Waals surface area contributed by atoms with Crippen LogP contribution in [0.5, 0.6) is 5.88 Å². The Balaban J connectivity index is 1.55. The van der Waals surface area contributed by atoms with E-state index in [2.05, 4.69) is 9.97 Å². The van der Waals surface area contributed by atoms with E-state index in [1.54, 1.807) is 30.3 Å². The lowest BCUT2D eigenvalue weighted by atomic mass is 9.79. The van der Waals surface area contributed by atoms with E-state index >= 15 is 0 Å². The first-order valence-electron chi connectivity index (χ1n) is 9.04. The molecule has 26 heavy (non-hydrogen) atoms. The highest BCUT2D eigenvalue weighted by Gasteiger charge is 2.53. The first kappa shape index (κ1) is 17.0. The van der Waals surface area contributed by atoms with Gasteiger partial charge in [-0.1, -0.05) is 6.07 Å². The summed E-state index contributed by atoms with van der Waals surface area (Å²) in [6, 6.07) is 5.63. The molecule has 0 N–H and O–H groups in total. The van der Waals surface area contributed by atoms with Gasteiger partial charge < -0.3 is 18.9 Å². The molecule has 1 saturated heterocycles. The molecular formula is C19H24N4O3. The van der Waals surface area contributed by atoms with Crippen molar-refractivity contribution in [3.05, 3.63) is 42.6 Å². The summed E-state index contributed by atoms with van der Waals surface area (Å²) in [4.78, 5) is 23.4. The maximum Gasteiger partial charge on any atom is 0.290 e. The van der Waals surface area contributed by atoms with Gasteiger partial charge in [0.25, 0.3) is 5.91 Å². The summed E-state index contributed by atoms with van der Waals surface area (Å²) in [5.41, 5.74) is -0.287. The molecule has 2 fully saturated rings. The number of rotatable bonds is 4. The number of amides is 1. The summed E-state index contributed by atoms with van der Waals surface area (Å²) in [7, 11) is 3.59. The molecule has 1 saturated carbocycles. The maximum atomic E-state index is 13.0. The van der Waals surface area contributed by atoms with Crippen LogP contribution in [0.4, 0.5) is 0 Å². The standard InChI is InChI=1S/C19H24N4O3/c1-22-12-10-21-17(22)18(24)23-11-8-19(25-2)7-6-14(13-15(19)23)26-16-5-3-4-9-20-16/h3-5,9-10,12,14-15H,6-8,11,13H2,1-2H3/t14-,15-,19+/m0/s1. The van der Waals surface area contributed by atoms with E-state index < -0.39 is 0 Å². The third-order valence-corrected chi connectivity index (χ3v) is 5.74. The number of carbonyl (C=O) groups excluding carboxylic acids is 1. The maximum absolute atomic E-state index is 13.0. The zero-order valence-corrected chi connectivity index (χ0v) is 15.2. The molecule has 3 heterocycles. The third kappa shape index (κ3) is 2.86. The SMILES string of the molecule is CO[C@@]12CC[C@H](Oc3ccccn3)C[C@@H]1N(C(=O)c1nccn1C)CC2. The number of likely N-dealkylation sites (tertiary alicyclic amines) is 1. The Hall–Kier alpha value is -2.41. The van der Waals surface area contributed by atoms with Crippen LogP contribution in [0.25, 0.3) is 0 Å². The molecule has 2 aromatic rings. The van der Waals surface area contributed by atoms with E-state index in [1.165, 1.54) is 0 Å². The van der Waals surface area contributed by atoms with Crippen LogP contribution < -0.4 is 4.74 Å². The van der Waals surface area contributed by atoms with Crippen molar-refractivity contribution in [2.75, 3.05) is 13.7 Å². The zero-order chi connectivity index (χ0) is 18.1. The predicted octanol–water partition coefficient (Wildman–Crippen LogP) is 2.05. The van der Waals surface area contributed by atoms with Crippen LogP contribution >= 0.6 is 0 Å². The summed E-state index contributed by atoms with van der Waals surface area (Å²) < 4.78 is 13.8. The summed E-state index contributed by atoms with van der Waals surface area (Å²) in [5.74, 6) is 1.05. The first-order valence-corrected chi connectivity index (χ1v) is 9.04. The topological polar surface area (TPSA) is 69.5 Å². The smallest absolute Gasteiger partial charge is 0.290 e. The minimum Gasteiger partial charge on any atom is -0.474 e. The monoisotopic (exact) mass is 356 g/mol. The van der Waals surface area contributed by atoms with Crippen molar-refractivity contribution in [1.82, 2.24) is 19.4 Å². The van der Waals surface area contributed by atoms with Crippen LogP contribution in [-0.4, -0.2) is 56.7 Å². The second kappa shape index (κ2) is 6.72. The summed E-state index contributed by atoms with van der Waals surface area (Å²) in [6.07, 6.45) is 8.54. The molecule has 0 radical (unpaired) electrons. The van der Waals surface area contributed by atoms with Gasteiger partial charge >= 0.3 is 0 Å². The third-order valence-electron chi connectivity index (χ3n) is 5.74. The van der Waals surface area contributed by atoms with Crippen LogP contribution in [0.1, 0.15) is 36.3 Å². The molecule has 0 spiro atoms. The number of pyridine rings is 1. The highest BCUT2D eigenvalue weighted by Crippen LogP contribution is 2.43. The largest absolute Gasteiger partial charge is 0.474 e. The Morgan fingerprint density at radius 3 is 2.85 bits per heavy atom. The lowest BCUT2D eigenvalue weighted by Crippen LogP contribution is -2.53. The Bertz CT molecular complexity index is 778. The first-order chi connectivity index (χ1) is 12.6. The molecule has 0 bridgehead atoms. The highest BCUT2D eigenvalue weighted by molar-refractivity contribution is 5.91. The summed E-state index contributed by atoms with van der Waals surface area (Å²) in [6.45, 7) is 0.681. The van der Waals surface area contributed by atoms with Crippen molar-refractivity contribution < 1.29 is 14.3 Å². The molecule has 2 aromatic heterocycles. The van der Waals surface area contributed by atoms with Gasteiger partial charge in [0.05, 0.1) is 11.6 Å². The number of aromatic nitrogens is 3. The average Bonchev–Trinajstić information content (AvgIpc) is 3.26. The van der Waals surface area contributed by atoms with Crippen molar-refractivity contribution in [1.29, 1.82) is 0 Å². The Morgan fingerprint density at radius 1 is 1.27 bits per heavy atom. The van der Waals surface area contributed by atoms with Crippen molar-refractivity contribution in [2.45, 2.75) is 43.4 Å². The fourth-order valence-electron chi connectivity index (χ4n) is 4.30. The molecule has 2 aliphatic rings. The molecule has 7 nitrogen and oxygen atoms in total. The quantitative estimate of drug-likeness (QED) is 0.839. The molecule has 0 aromatic carbocycles. The fraction of sp³-hybridized carbons (Fsp3) is 0.526.